The van der Waals surface area contributed by atoms with Crippen molar-refractivity contribution in [1.82, 2.24) is 19.0 Å². The molecular weight excluding hydrogens is 457 g/mol. The zero-order valence-electron chi connectivity index (χ0n) is 16.3. The first kappa shape index (κ1) is 22.6. The lowest BCUT2D eigenvalue weighted by Crippen LogP contribution is -2.36. The maximum atomic E-state index is 12.8. The van der Waals surface area contributed by atoms with Crippen LogP contribution in [0.4, 0.5) is 15.1 Å². The molecule has 0 atom stereocenters. The Kier molecular flexibility index (Phi) is 6.28. The Labute approximate surface area is 177 Å². The highest BCUT2D eigenvalue weighted by Gasteiger charge is 2.40. The number of fused-ring (bicyclic) bond motifs is 1. The van der Waals surface area contributed by atoms with Crippen molar-refractivity contribution in [2.24, 2.45) is 0 Å². The third-order valence-corrected chi connectivity index (χ3v) is 7.67. The minimum absolute atomic E-state index is 0.0462. The van der Waals surface area contributed by atoms with Crippen LogP contribution in [0.25, 0.3) is 0 Å². The molecule has 0 aliphatic carbocycles. The highest BCUT2D eigenvalue weighted by molar-refractivity contribution is 7.93. The number of rotatable bonds is 7. The number of hydrogen-bond donors (Lipinski definition) is 2. The number of hydrogen-bond acceptors (Lipinski definition) is 9. The van der Waals surface area contributed by atoms with E-state index < -0.39 is 49.1 Å². The maximum Gasteiger partial charge on any atom is 0.335 e. The lowest BCUT2D eigenvalue weighted by Gasteiger charge is -2.13. The smallest absolute Gasteiger partial charge is 0.335 e. The zero-order chi connectivity index (χ0) is 22.8. The van der Waals surface area contributed by atoms with E-state index in [9.17, 15) is 26.0 Å². The summed E-state index contributed by atoms with van der Waals surface area (Å²) in [7, 11) is -6.24. The van der Waals surface area contributed by atoms with E-state index in [0.29, 0.717) is 0 Å². The number of aromatic nitrogens is 2. The van der Waals surface area contributed by atoms with E-state index in [1.165, 1.54) is 32.4 Å². The van der Waals surface area contributed by atoms with Crippen molar-refractivity contribution in [3.8, 4) is 11.8 Å². The Bertz CT molecular complexity index is 1200. The fraction of sp³-hybridized carbons (Fsp3) is 0.312. The highest BCUT2D eigenvalue weighted by atomic mass is 32.2. The second-order valence-electron chi connectivity index (χ2n) is 6.11. The Morgan fingerprint density at radius 2 is 1.87 bits per heavy atom. The van der Waals surface area contributed by atoms with Crippen LogP contribution in [0.1, 0.15) is 5.56 Å². The topological polar surface area (TPSA) is 157 Å². The van der Waals surface area contributed by atoms with Crippen molar-refractivity contribution in [2.75, 3.05) is 32.8 Å². The Hall–Kier alpha value is -3.04. The molecule has 15 heteroatoms. The van der Waals surface area contributed by atoms with Crippen molar-refractivity contribution < 1.29 is 35.5 Å². The van der Waals surface area contributed by atoms with Crippen LogP contribution in [-0.4, -0.2) is 64.6 Å². The molecule has 0 unspecified atom stereocenters. The average Bonchev–Trinajstić information content (AvgIpc) is 2.97. The first-order valence-electron chi connectivity index (χ1n) is 8.61. The quantitative estimate of drug-likeness (QED) is 0.581. The molecule has 0 saturated carbocycles. The number of carbonyl (C=O) groups is 1. The van der Waals surface area contributed by atoms with E-state index >= 15 is 0 Å². The second kappa shape index (κ2) is 8.60. The van der Waals surface area contributed by atoms with Crippen LogP contribution in [0, 0.1) is 0 Å². The number of ether oxygens (including phenoxy) is 2. The van der Waals surface area contributed by atoms with Crippen LogP contribution in [0.3, 0.4) is 0 Å². The van der Waals surface area contributed by atoms with Crippen LogP contribution in [-0.2, 0) is 26.6 Å². The van der Waals surface area contributed by atoms with Gasteiger partial charge in [0.2, 0.25) is 27.7 Å². The van der Waals surface area contributed by atoms with Gasteiger partial charge in [0.05, 0.1) is 20.3 Å². The van der Waals surface area contributed by atoms with Gasteiger partial charge in [-0.2, -0.15) is 14.3 Å². The van der Waals surface area contributed by atoms with E-state index in [1.54, 1.807) is 4.72 Å². The third-order valence-electron chi connectivity index (χ3n) is 4.18. The summed E-state index contributed by atoms with van der Waals surface area (Å²) in [5.74, 6) is -0.223. The fourth-order valence-corrected chi connectivity index (χ4v) is 6.21. The predicted molar refractivity (Wildman–Crippen MR) is 104 cm³/mol. The lowest BCUT2D eigenvalue weighted by molar-refractivity contribution is 0.256. The van der Waals surface area contributed by atoms with Gasteiger partial charge in [0.1, 0.15) is 16.5 Å². The van der Waals surface area contributed by atoms with Crippen LogP contribution < -0.4 is 19.5 Å². The van der Waals surface area contributed by atoms with E-state index in [-0.39, 0.29) is 29.8 Å². The van der Waals surface area contributed by atoms with Gasteiger partial charge in [0.25, 0.3) is 10.0 Å². The van der Waals surface area contributed by atoms with E-state index in [4.69, 9.17) is 9.47 Å². The van der Waals surface area contributed by atoms with Crippen molar-refractivity contribution in [3.63, 3.8) is 0 Å². The number of anilines is 1. The molecule has 12 nitrogen and oxygen atoms in total. The van der Waals surface area contributed by atoms with Gasteiger partial charge in [0, 0.05) is 13.1 Å². The first-order chi connectivity index (χ1) is 14.6. The van der Waals surface area contributed by atoms with Gasteiger partial charge < -0.3 is 9.47 Å². The SMILES string of the molecule is COc1cc(OC)nc(NC(=O)NS(=O)(=O)c2cccc3c2S(=O)(=O)N(CCF)C3)n1. The highest BCUT2D eigenvalue weighted by Crippen LogP contribution is 2.35. The molecule has 1 aliphatic rings. The molecule has 2 heterocycles. The number of sulfonamides is 2. The summed E-state index contributed by atoms with van der Waals surface area (Å²) in [4.78, 5) is 18.8. The summed E-state index contributed by atoms with van der Waals surface area (Å²) in [6.45, 7) is -1.52. The summed E-state index contributed by atoms with van der Waals surface area (Å²) in [5.41, 5.74) is 0.178. The molecule has 31 heavy (non-hydrogen) atoms. The molecule has 0 bridgehead atoms. The Morgan fingerprint density at radius 3 is 2.45 bits per heavy atom. The fourth-order valence-electron chi connectivity index (χ4n) is 2.86. The molecule has 3 rings (SSSR count). The minimum atomic E-state index is -4.63. The molecule has 1 aliphatic heterocycles. The van der Waals surface area contributed by atoms with Gasteiger partial charge in [-0.1, -0.05) is 12.1 Å². The normalized spacial score (nSPS) is 15.2. The number of alkyl halides is 1. The van der Waals surface area contributed by atoms with Crippen molar-refractivity contribution >= 4 is 32.0 Å². The monoisotopic (exact) mass is 475 g/mol. The van der Waals surface area contributed by atoms with E-state index in [2.05, 4.69) is 15.3 Å². The van der Waals surface area contributed by atoms with Gasteiger partial charge in [0.15, 0.2) is 0 Å². The second-order valence-corrected chi connectivity index (χ2v) is 9.63. The number of nitrogens with one attached hydrogen (secondary N) is 2. The van der Waals surface area contributed by atoms with Crippen LogP contribution in [0.5, 0.6) is 11.8 Å². The molecule has 168 valence electrons. The molecule has 0 saturated heterocycles. The molecule has 2 amide bonds. The summed E-state index contributed by atoms with van der Waals surface area (Å²) in [5, 5.41) is 2.11. The van der Waals surface area contributed by atoms with Crippen LogP contribution in [0.15, 0.2) is 34.1 Å². The number of halogens is 1. The van der Waals surface area contributed by atoms with Gasteiger partial charge in [-0.3, -0.25) is 5.32 Å². The van der Waals surface area contributed by atoms with Crippen molar-refractivity contribution in [1.29, 1.82) is 0 Å². The summed E-state index contributed by atoms with van der Waals surface area (Å²) in [6, 6.07) is 3.87. The predicted octanol–water partition coefficient (Wildman–Crippen LogP) is 0.478. The minimum Gasteiger partial charge on any atom is -0.481 e. The van der Waals surface area contributed by atoms with Gasteiger partial charge in [-0.15, -0.1) is 0 Å². The van der Waals surface area contributed by atoms with Crippen molar-refractivity contribution in [3.05, 3.63) is 29.8 Å². The number of nitrogens with zero attached hydrogens (tertiary/aromatic N) is 3. The molecule has 2 N–H and O–H groups in total. The number of methoxy groups -OCH3 is 2. The molecular formula is C16H18FN5O7S2. The van der Waals surface area contributed by atoms with Crippen LogP contribution in [0.2, 0.25) is 0 Å². The third kappa shape index (κ3) is 4.52. The number of benzene rings is 1. The Morgan fingerprint density at radius 1 is 1.23 bits per heavy atom. The summed E-state index contributed by atoms with van der Waals surface area (Å²) in [6.07, 6.45) is 0. The molecule has 1 aromatic heterocycles. The maximum absolute atomic E-state index is 12.8. The first-order valence-corrected chi connectivity index (χ1v) is 11.5. The van der Waals surface area contributed by atoms with Gasteiger partial charge >= 0.3 is 6.03 Å². The standard InChI is InChI=1S/C16H18FN5O7S2/c1-28-12-8-13(29-2)19-15(18-12)20-16(23)21-30(24,25)11-5-3-4-10-9-22(7-6-17)31(26,27)14(10)11/h3-5,8H,6-7,9H2,1-2H3,(H2,18,19,20,21,23). The molecule has 1 aromatic carbocycles. The number of amides is 2. The van der Waals surface area contributed by atoms with Gasteiger partial charge in [-0.05, 0) is 11.6 Å². The number of urea groups is 1. The van der Waals surface area contributed by atoms with Crippen molar-refractivity contribution in [2.45, 2.75) is 16.3 Å². The zero-order valence-corrected chi connectivity index (χ0v) is 18.0. The summed E-state index contributed by atoms with van der Waals surface area (Å²) < 4.78 is 76.0. The van der Waals surface area contributed by atoms with Gasteiger partial charge in [-0.25, -0.2) is 30.7 Å². The average molecular weight is 475 g/mol. The molecule has 0 spiro atoms. The molecule has 0 fully saturated rings. The molecule has 2 aromatic rings. The molecule has 0 radical (unpaired) electrons. The lowest BCUT2D eigenvalue weighted by atomic mass is 10.2. The van der Waals surface area contributed by atoms with E-state index in [0.717, 1.165) is 10.4 Å². The Balaban J connectivity index is 1.88. The van der Waals surface area contributed by atoms with E-state index in [1.807, 2.05) is 0 Å². The number of carbonyl (C=O) groups excluding carboxylic acids is 1. The van der Waals surface area contributed by atoms with Crippen LogP contribution >= 0.6 is 0 Å². The largest absolute Gasteiger partial charge is 0.481 e. The summed E-state index contributed by atoms with van der Waals surface area (Å²) >= 11 is 0.